The molecule has 1 atom stereocenters. The minimum absolute atomic E-state index is 0.117. The molecule has 1 unspecified atom stereocenters. The van der Waals surface area contributed by atoms with E-state index in [0.29, 0.717) is 11.7 Å². The number of sulfonamides is 1. The van der Waals surface area contributed by atoms with Crippen molar-refractivity contribution in [3.8, 4) is 0 Å². The molecule has 0 aromatic carbocycles. The fourth-order valence-electron chi connectivity index (χ4n) is 2.34. The van der Waals surface area contributed by atoms with E-state index < -0.39 is 10.0 Å². The molecular weight excluding hydrogens is 236 g/mol. The predicted octanol–water partition coefficient (Wildman–Crippen LogP) is 1.44. The quantitative estimate of drug-likeness (QED) is 0.788. The molecule has 102 valence electrons. The first-order valence-electron chi connectivity index (χ1n) is 6.63. The summed E-state index contributed by atoms with van der Waals surface area (Å²) in [6.07, 6.45) is 3.92. The van der Waals surface area contributed by atoms with Crippen molar-refractivity contribution in [1.82, 2.24) is 9.62 Å². The van der Waals surface area contributed by atoms with Crippen LogP contribution < -0.4 is 5.32 Å². The molecule has 17 heavy (non-hydrogen) atoms. The summed E-state index contributed by atoms with van der Waals surface area (Å²) in [4.78, 5) is 0. The zero-order valence-electron chi connectivity index (χ0n) is 11.3. The van der Waals surface area contributed by atoms with Crippen molar-refractivity contribution in [2.45, 2.75) is 45.6 Å². The maximum absolute atomic E-state index is 12.2. The van der Waals surface area contributed by atoms with Crippen LogP contribution in [0.5, 0.6) is 0 Å². The Balaban J connectivity index is 2.54. The van der Waals surface area contributed by atoms with Gasteiger partial charge in [0.15, 0.2) is 0 Å². The Morgan fingerprint density at radius 3 is 2.47 bits per heavy atom. The highest BCUT2D eigenvalue weighted by Gasteiger charge is 2.27. The SMILES string of the molecule is CCCC(C)N(C)S(=O)(=O)CC1CCNCC1. The van der Waals surface area contributed by atoms with Crippen molar-refractivity contribution in [3.05, 3.63) is 0 Å². The van der Waals surface area contributed by atoms with E-state index in [9.17, 15) is 8.42 Å². The first-order chi connectivity index (χ1) is 7.97. The van der Waals surface area contributed by atoms with Crippen LogP contribution in [-0.2, 0) is 10.0 Å². The van der Waals surface area contributed by atoms with E-state index in [1.54, 1.807) is 11.4 Å². The summed E-state index contributed by atoms with van der Waals surface area (Å²) in [5, 5.41) is 3.26. The summed E-state index contributed by atoms with van der Waals surface area (Å²) >= 11 is 0. The summed E-state index contributed by atoms with van der Waals surface area (Å²) in [5.74, 6) is 0.650. The van der Waals surface area contributed by atoms with Crippen molar-refractivity contribution in [3.63, 3.8) is 0 Å². The standard InChI is InChI=1S/C12H26N2O2S/c1-4-5-11(2)14(3)17(15,16)10-12-6-8-13-9-7-12/h11-13H,4-10H2,1-3H3. The second-order valence-electron chi connectivity index (χ2n) is 5.13. The lowest BCUT2D eigenvalue weighted by molar-refractivity contribution is 0.352. The van der Waals surface area contributed by atoms with Gasteiger partial charge < -0.3 is 5.32 Å². The van der Waals surface area contributed by atoms with Crippen LogP contribution in [0.2, 0.25) is 0 Å². The molecule has 1 N–H and O–H groups in total. The molecule has 5 heteroatoms. The minimum atomic E-state index is -3.08. The van der Waals surface area contributed by atoms with Gasteiger partial charge in [-0.15, -0.1) is 0 Å². The van der Waals surface area contributed by atoms with Gasteiger partial charge in [-0.2, -0.15) is 0 Å². The van der Waals surface area contributed by atoms with Crippen LogP contribution in [-0.4, -0.2) is 44.7 Å². The van der Waals surface area contributed by atoms with Crippen molar-refractivity contribution in [2.24, 2.45) is 5.92 Å². The molecule has 1 aliphatic heterocycles. The molecule has 0 aromatic rings. The molecule has 0 aromatic heterocycles. The first-order valence-corrected chi connectivity index (χ1v) is 8.24. The van der Waals surface area contributed by atoms with Gasteiger partial charge in [-0.05, 0) is 45.2 Å². The van der Waals surface area contributed by atoms with Gasteiger partial charge in [0.05, 0.1) is 5.75 Å². The van der Waals surface area contributed by atoms with E-state index in [0.717, 1.165) is 38.8 Å². The zero-order chi connectivity index (χ0) is 12.9. The average Bonchev–Trinajstić information content (AvgIpc) is 2.29. The normalized spacial score (nSPS) is 20.7. The van der Waals surface area contributed by atoms with Crippen LogP contribution in [0.1, 0.15) is 39.5 Å². The third-order valence-corrected chi connectivity index (χ3v) is 5.80. The van der Waals surface area contributed by atoms with Gasteiger partial charge in [0.25, 0.3) is 0 Å². The Morgan fingerprint density at radius 1 is 1.35 bits per heavy atom. The van der Waals surface area contributed by atoms with Crippen molar-refractivity contribution < 1.29 is 8.42 Å². The van der Waals surface area contributed by atoms with Crippen LogP contribution in [0.15, 0.2) is 0 Å². The predicted molar refractivity (Wildman–Crippen MR) is 71.5 cm³/mol. The summed E-state index contributed by atoms with van der Waals surface area (Å²) in [7, 11) is -1.36. The van der Waals surface area contributed by atoms with Crippen molar-refractivity contribution in [2.75, 3.05) is 25.9 Å². The molecule has 4 nitrogen and oxygen atoms in total. The van der Waals surface area contributed by atoms with Gasteiger partial charge >= 0.3 is 0 Å². The Hall–Kier alpha value is -0.130. The second-order valence-corrected chi connectivity index (χ2v) is 7.20. The van der Waals surface area contributed by atoms with Gasteiger partial charge in [-0.25, -0.2) is 12.7 Å². The Labute approximate surface area is 106 Å². The highest BCUT2D eigenvalue weighted by molar-refractivity contribution is 7.89. The number of piperidine rings is 1. The topological polar surface area (TPSA) is 49.4 Å². The number of rotatable bonds is 6. The van der Waals surface area contributed by atoms with E-state index in [2.05, 4.69) is 12.2 Å². The molecule has 1 fully saturated rings. The smallest absolute Gasteiger partial charge is 0.214 e. The highest BCUT2D eigenvalue weighted by atomic mass is 32.2. The number of nitrogens with one attached hydrogen (secondary N) is 1. The van der Waals surface area contributed by atoms with Gasteiger partial charge in [-0.3, -0.25) is 0 Å². The number of hydrogen-bond acceptors (Lipinski definition) is 3. The lowest BCUT2D eigenvalue weighted by atomic mass is 10.0. The van der Waals surface area contributed by atoms with E-state index in [1.807, 2.05) is 6.92 Å². The maximum Gasteiger partial charge on any atom is 0.214 e. The zero-order valence-corrected chi connectivity index (χ0v) is 12.1. The van der Waals surface area contributed by atoms with Crippen LogP contribution in [0.25, 0.3) is 0 Å². The molecule has 1 rings (SSSR count). The van der Waals surface area contributed by atoms with Crippen molar-refractivity contribution >= 4 is 10.0 Å². The third-order valence-electron chi connectivity index (χ3n) is 3.67. The second kappa shape index (κ2) is 6.71. The Bertz CT molecular complexity index is 310. The fourth-order valence-corrected chi connectivity index (χ4v) is 4.16. The molecule has 0 amide bonds. The minimum Gasteiger partial charge on any atom is -0.317 e. The molecule has 0 aliphatic carbocycles. The molecule has 0 spiro atoms. The lowest BCUT2D eigenvalue weighted by Crippen LogP contribution is -2.40. The van der Waals surface area contributed by atoms with Crippen LogP contribution in [0, 0.1) is 5.92 Å². The third kappa shape index (κ3) is 4.56. The maximum atomic E-state index is 12.2. The van der Waals surface area contributed by atoms with Crippen LogP contribution in [0.4, 0.5) is 0 Å². The van der Waals surface area contributed by atoms with E-state index in [1.165, 1.54) is 0 Å². The molecule has 1 aliphatic rings. The average molecular weight is 262 g/mol. The summed E-state index contributed by atoms with van der Waals surface area (Å²) in [6.45, 7) is 5.98. The molecular formula is C12H26N2O2S. The van der Waals surface area contributed by atoms with Gasteiger partial charge in [0, 0.05) is 13.1 Å². The van der Waals surface area contributed by atoms with Crippen LogP contribution >= 0.6 is 0 Å². The van der Waals surface area contributed by atoms with E-state index >= 15 is 0 Å². The molecule has 0 bridgehead atoms. The summed E-state index contributed by atoms with van der Waals surface area (Å²) in [5.41, 5.74) is 0. The van der Waals surface area contributed by atoms with Crippen LogP contribution in [0.3, 0.4) is 0 Å². The number of hydrogen-bond donors (Lipinski definition) is 1. The van der Waals surface area contributed by atoms with Crippen molar-refractivity contribution in [1.29, 1.82) is 0 Å². The highest BCUT2D eigenvalue weighted by Crippen LogP contribution is 2.18. The summed E-state index contributed by atoms with van der Waals surface area (Å²) < 4.78 is 26.0. The molecule has 1 saturated heterocycles. The van der Waals surface area contributed by atoms with E-state index in [4.69, 9.17) is 0 Å². The largest absolute Gasteiger partial charge is 0.317 e. The Kier molecular flexibility index (Phi) is 5.89. The number of nitrogens with zero attached hydrogens (tertiary/aromatic N) is 1. The molecule has 0 saturated carbocycles. The lowest BCUT2D eigenvalue weighted by Gasteiger charge is -2.28. The first kappa shape index (κ1) is 14.9. The van der Waals surface area contributed by atoms with Gasteiger partial charge in [0.2, 0.25) is 10.0 Å². The van der Waals surface area contributed by atoms with Gasteiger partial charge in [-0.1, -0.05) is 13.3 Å². The van der Waals surface area contributed by atoms with Gasteiger partial charge in [0.1, 0.15) is 0 Å². The fraction of sp³-hybridized carbons (Fsp3) is 1.00. The van der Waals surface area contributed by atoms with E-state index in [-0.39, 0.29) is 6.04 Å². The Morgan fingerprint density at radius 2 is 1.94 bits per heavy atom. The molecule has 1 heterocycles. The molecule has 0 radical (unpaired) electrons. The summed E-state index contributed by atoms with van der Waals surface area (Å²) in [6, 6.07) is 0.117. The monoisotopic (exact) mass is 262 g/mol.